The van der Waals surface area contributed by atoms with Gasteiger partial charge in [0.1, 0.15) is 11.5 Å². The molecule has 0 unspecified atom stereocenters. The van der Waals surface area contributed by atoms with Crippen LogP contribution in [-0.4, -0.2) is 25.0 Å². The third-order valence-corrected chi connectivity index (χ3v) is 5.66. The Morgan fingerprint density at radius 3 is 2.24 bits per heavy atom. The molecule has 1 aliphatic heterocycles. The van der Waals surface area contributed by atoms with Gasteiger partial charge < -0.3 is 14.4 Å². The lowest BCUT2D eigenvalue weighted by Crippen LogP contribution is -2.27. The van der Waals surface area contributed by atoms with Crippen molar-refractivity contribution in [2.75, 3.05) is 18.1 Å². The van der Waals surface area contributed by atoms with Gasteiger partial charge in [-0.25, -0.2) is 0 Å². The summed E-state index contributed by atoms with van der Waals surface area (Å²) in [6.45, 7) is 9.37. The predicted molar refractivity (Wildman–Crippen MR) is 113 cm³/mol. The third-order valence-electron chi connectivity index (χ3n) is 5.66. The summed E-state index contributed by atoms with van der Waals surface area (Å²) >= 11 is 0. The highest BCUT2D eigenvalue weighted by molar-refractivity contribution is 5.99. The van der Waals surface area contributed by atoms with E-state index in [0.29, 0.717) is 18.9 Å². The maximum absolute atomic E-state index is 12.6. The summed E-state index contributed by atoms with van der Waals surface area (Å²) < 4.78 is 11.0. The Hall–Kier alpha value is -2.82. The molecule has 5 nitrogen and oxygen atoms in total. The van der Waals surface area contributed by atoms with Crippen molar-refractivity contribution in [1.82, 2.24) is 0 Å². The van der Waals surface area contributed by atoms with E-state index in [2.05, 4.69) is 20.8 Å². The Morgan fingerprint density at radius 2 is 1.66 bits per heavy atom. The summed E-state index contributed by atoms with van der Waals surface area (Å²) in [7, 11) is 0. The SMILES string of the molecule is CCOc1ccc(N2C[C@H](C(=O)Oc3ccc(C(C)(C)CC)cc3)CC2=O)cc1. The molecule has 1 heterocycles. The van der Waals surface area contributed by atoms with E-state index in [-0.39, 0.29) is 23.7 Å². The quantitative estimate of drug-likeness (QED) is 0.502. The largest absolute Gasteiger partial charge is 0.494 e. The first kappa shape index (κ1) is 20.9. The molecule has 0 bridgehead atoms. The van der Waals surface area contributed by atoms with E-state index < -0.39 is 5.92 Å². The zero-order valence-electron chi connectivity index (χ0n) is 17.6. The van der Waals surface area contributed by atoms with Gasteiger partial charge in [0.15, 0.2) is 0 Å². The molecule has 0 radical (unpaired) electrons. The number of ether oxygens (including phenoxy) is 2. The van der Waals surface area contributed by atoms with Gasteiger partial charge in [0.2, 0.25) is 5.91 Å². The Morgan fingerprint density at radius 1 is 1.03 bits per heavy atom. The van der Waals surface area contributed by atoms with Crippen LogP contribution in [0.3, 0.4) is 0 Å². The minimum atomic E-state index is -0.471. The average Bonchev–Trinajstić information content (AvgIpc) is 3.11. The summed E-state index contributed by atoms with van der Waals surface area (Å²) in [6, 6.07) is 15.0. The number of esters is 1. The molecule has 29 heavy (non-hydrogen) atoms. The number of hydrogen-bond acceptors (Lipinski definition) is 4. The van der Waals surface area contributed by atoms with Gasteiger partial charge in [0.25, 0.3) is 0 Å². The molecular weight excluding hydrogens is 366 g/mol. The van der Waals surface area contributed by atoms with Crippen molar-refractivity contribution >= 4 is 17.6 Å². The van der Waals surface area contributed by atoms with Crippen LogP contribution in [0, 0.1) is 5.92 Å². The van der Waals surface area contributed by atoms with Gasteiger partial charge in [-0.3, -0.25) is 9.59 Å². The van der Waals surface area contributed by atoms with Gasteiger partial charge in [0, 0.05) is 18.7 Å². The van der Waals surface area contributed by atoms with Gasteiger partial charge in [-0.15, -0.1) is 0 Å². The first-order valence-electron chi connectivity index (χ1n) is 10.2. The van der Waals surface area contributed by atoms with E-state index in [1.54, 1.807) is 4.90 Å². The van der Waals surface area contributed by atoms with E-state index in [1.165, 1.54) is 5.56 Å². The van der Waals surface area contributed by atoms with Crippen LogP contribution in [0.15, 0.2) is 48.5 Å². The van der Waals surface area contributed by atoms with Gasteiger partial charge in [-0.05, 0) is 60.7 Å². The van der Waals surface area contributed by atoms with Crippen LogP contribution < -0.4 is 14.4 Å². The Balaban J connectivity index is 1.63. The summed E-state index contributed by atoms with van der Waals surface area (Å²) in [5.74, 6) is 0.359. The van der Waals surface area contributed by atoms with Crippen LogP contribution in [0.2, 0.25) is 0 Å². The van der Waals surface area contributed by atoms with E-state index >= 15 is 0 Å². The fourth-order valence-electron chi connectivity index (χ4n) is 3.38. The fraction of sp³-hybridized carbons (Fsp3) is 0.417. The van der Waals surface area contributed by atoms with E-state index in [4.69, 9.17) is 9.47 Å². The highest BCUT2D eigenvalue weighted by Crippen LogP contribution is 2.30. The van der Waals surface area contributed by atoms with Crippen molar-refractivity contribution in [2.45, 2.75) is 46.0 Å². The van der Waals surface area contributed by atoms with E-state index in [0.717, 1.165) is 17.9 Å². The minimum absolute atomic E-state index is 0.0730. The fourth-order valence-corrected chi connectivity index (χ4v) is 3.38. The number of carbonyl (C=O) groups excluding carboxylic acids is 2. The first-order valence-corrected chi connectivity index (χ1v) is 10.2. The van der Waals surface area contributed by atoms with Crippen LogP contribution in [0.1, 0.15) is 46.1 Å². The second kappa shape index (κ2) is 8.68. The van der Waals surface area contributed by atoms with Crippen molar-refractivity contribution in [3.63, 3.8) is 0 Å². The maximum atomic E-state index is 12.6. The molecular formula is C24H29NO4. The number of hydrogen-bond donors (Lipinski definition) is 0. The van der Waals surface area contributed by atoms with Crippen LogP contribution in [0.4, 0.5) is 5.69 Å². The number of amides is 1. The smallest absolute Gasteiger partial charge is 0.316 e. The normalized spacial score (nSPS) is 16.8. The van der Waals surface area contributed by atoms with Gasteiger partial charge in [0.05, 0.1) is 12.5 Å². The van der Waals surface area contributed by atoms with Crippen molar-refractivity contribution in [3.8, 4) is 11.5 Å². The second-order valence-corrected chi connectivity index (χ2v) is 8.02. The highest BCUT2D eigenvalue weighted by atomic mass is 16.5. The summed E-state index contributed by atoms with van der Waals surface area (Å²) in [5.41, 5.74) is 2.05. The van der Waals surface area contributed by atoms with Crippen molar-refractivity contribution in [3.05, 3.63) is 54.1 Å². The lowest BCUT2D eigenvalue weighted by atomic mass is 9.82. The van der Waals surface area contributed by atoms with E-state index in [1.807, 2.05) is 55.5 Å². The average molecular weight is 395 g/mol. The summed E-state index contributed by atoms with van der Waals surface area (Å²) in [4.78, 5) is 26.7. The molecule has 1 fully saturated rings. The van der Waals surface area contributed by atoms with Crippen molar-refractivity contribution < 1.29 is 19.1 Å². The van der Waals surface area contributed by atoms with Gasteiger partial charge in [-0.1, -0.05) is 32.9 Å². The Labute approximate surface area is 172 Å². The predicted octanol–water partition coefficient (Wildman–Crippen LogP) is 4.73. The van der Waals surface area contributed by atoms with Crippen LogP contribution >= 0.6 is 0 Å². The first-order chi connectivity index (χ1) is 13.8. The Kier molecular flexibility index (Phi) is 6.26. The molecule has 0 aliphatic carbocycles. The number of nitrogens with zero attached hydrogens (tertiary/aromatic N) is 1. The summed E-state index contributed by atoms with van der Waals surface area (Å²) in [5, 5.41) is 0. The van der Waals surface area contributed by atoms with Gasteiger partial charge >= 0.3 is 5.97 Å². The third kappa shape index (κ3) is 4.78. The minimum Gasteiger partial charge on any atom is -0.494 e. The maximum Gasteiger partial charge on any atom is 0.316 e. The molecule has 0 spiro atoms. The molecule has 5 heteroatoms. The molecule has 2 aromatic carbocycles. The Bertz CT molecular complexity index is 855. The lowest BCUT2D eigenvalue weighted by molar-refractivity contribution is -0.139. The monoisotopic (exact) mass is 395 g/mol. The summed E-state index contributed by atoms with van der Waals surface area (Å²) in [6.07, 6.45) is 1.19. The zero-order chi connectivity index (χ0) is 21.0. The molecule has 2 aromatic rings. The molecule has 1 aliphatic rings. The number of benzene rings is 2. The number of rotatable bonds is 7. The van der Waals surface area contributed by atoms with Crippen molar-refractivity contribution in [1.29, 1.82) is 0 Å². The standard InChI is InChI=1S/C24H29NO4/c1-5-24(3,4)18-7-11-21(12-8-18)29-23(27)17-15-22(26)25(16-17)19-9-13-20(14-10-19)28-6-2/h7-14,17H,5-6,15-16H2,1-4H3/t17-/m1/s1. The van der Waals surface area contributed by atoms with E-state index in [9.17, 15) is 9.59 Å². The topological polar surface area (TPSA) is 55.8 Å². The molecule has 0 N–H and O–H groups in total. The lowest BCUT2D eigenvalue weighted by Gasteiger charge is -2.23. The van der Waals surface area contributed by atoms with Crippen LogP contribution in [0.5, 0.6) is 11.5 Å². The second-order valence-electron chi connectivity index (χ2n) is 8.02. The van der Waals surface area contributed by atoms with Crippen LogP contribution in [-0.2, 0) is 15.0 Å². The van der Waals surface area contributed by atoms with Gasteiger partial charge in [-0.2, -0.15) is 0 Å². The molecule has 0 saturated carbocycles. The molecule has 1 amide bonds. The molecule has 154 valence electrons. The molecule has 1 saturated heterocycles. The number of anilines is 1. The number of carbonyl (C=O) groups is 2. The zero-order valence-corrected chi connectivity index (χ0v) is 17.6. The molecule has 1 atom stereocenters. The molecule has 3 rings (SSSR count). The molecule has 0 aromatic heterocycles. The van der Waals surface area contributed by atoms with Crippen LogP contribution in [0.25, 0.3) is 0 Å². The highest BCUT2D eigenvalue weighted by Gasteiger charge is 2.36. The van der Waals surface area contributed by atoms with Crippen molar-refractivity contribution in [2.24, 2.45) is 5.92 Å².